The molecule has 1 N–H and O–H groups in total. The van der Waals surface area contributed by atoms with Gasteiger partial charge in [0.25, 0.3) is 0 Å². The fraction of sp³-hybridized carbons (Fsp3) is 0.550. The third-order valence-electron chi connectivity index (χ3n) is 5.18. The summed E-state index contributed by atoms with van der Waals surface area (Å²) in [6.07, 6.45) is 3.01. The van der Waals surface area contributed by atoms with Crippen LogP contribution in [0.25, 0.3) is 0 Å². The maximum absolute atomic E-state index is 6.01. The molecule has 1 fully saturated rings. The standard InChI is InChI=1S/C20H27N3O4/c1-3-23-16(4-6-22-23)19-15(5-7-26-19)13-21-12-14-10-17(24-2)20-18(11-14)25-8-9-27-20/h4,6,10-11,15,19,21H,3,5,7-9,12-13H2,1-2H3/t15-,19+/m0/s1. The molecule has 2 aliphatic rings. The molecule has 146 valence electrons. The molecule has 0 aliphatic carbocycles. The van der Waals surface area contributed by atoms with Gasteiger partial charge in [0.1, 0.15) is 19.3 Å². The highest BCUT2D eigenvalue weighted by Crippen LogP contribution is 2.40. The van der Waals surface area contributed by atoms with E-state index in [1.54, 1.807) is 7.11 Å². The minimum absolute atomic E-state index is 0.106. The van der Waals surface area contributed by atoms with E-state index >= 15 is 0 Å². The Morgan fingerprint density at radius 2 is 2.15 bits per heavy atom. The third-order valence-corrected chi connectivity index (χ3v) is 5.18. The minimum Gasteiger partial charge on any atom is -0.493 e. The van der Waals surface area contributed by atoms with Crippen LogP contribution in [0.3, 0.4) is 0 Å². The Morgan fingerprint density at radius 1 is 1.26 bits per heavy atom. The van der Waals surface area contributed by atoms with Crippen molar-refractivity contribution in [3.63, 3.8) is 0 Å². The van der Waals surface area contributed by atoms with E-state index < -0.39 is 0 Å². The smallest absolute Gasteiger partial charge is 0.203 e. The van der Waals surface area contributed by atoms with Crippen LogP contribution in [0, 0.1) is 5.92 Å². The lowest BCUT2D eigenvalue weighted by molar-refractivity contribution is 0.0830. The van der Waals surface area contributed by atoms with Crippen LogP contribution in [0.15, 0.2) is 24.4 Å². The number of nitrogens with one attached hydrogen (secondary N) is 1. The van der Waals surface area contributed by atoms with Crippen molar-refractivity contribution in [3.05, 3.63) is 35.7 Å². The number of hydrogen-bond acceptors (Lipinski definition) is 6. The molecule has 27 heavy (non-hydrogen) atoms. The number of aryl methyl sites for hydroxylation is 1. The van der Waals surface area contributed by atoms with E-state index in [4.69, 9.17) is 18.9 Å². The zero-order valence-corrected chi connectivity index (χ0v) is 15.9. The number of fused-ring (bicyclic) bond motifs is 1. The molecule has 0 unspecified atom stereocenters. The van der Waals surface area contributed by atoms with E-state index in [1.807, 2.05) is 23.0 Å². The summed E-state index contributed by atoms with van der Waals surface area (Å²) in [5.74, 6) is 2.61. The maximum Gasteiger partial charge on any atom is 0.203 e. The van der Waals surface area contributed by atoms with Crippen molar-refractivity contribution in [2.45, 2.75) is 32.5 Å². The van der Waals surface area contributed by atoms with Gasteiger partial charge in [-0.1, -0.05) is 0 Å². The van der Waals surface area contributed by atoms with Crippen LogP contribution in [0.4, 0.5) is 0 Å². The van der Waals surface area contributed by atoms with Gasteiger partial charge in [-0.3, -0.25) is 4.68 Å². The average molecular weight is 373 g/mol. The van der Waals surface area contributed by atoms with Gasteiger partial charge in [0.2, 0.25) is 5.75 Å². The van der Waals surface area contributed by atoms with Gasteiger partial charge >= 0.3 is 0 Å². The van der Waals surface area contributed by atoms with Gasteiger partial charge in [-0.05, 0) is 37.1 Å². The highest BCUT2D eigenvalue weighted by atomic mass is 16.6. The van der Waals surface area contributed by atoms with Crippen molar-refractivity contribution in [3.8, 4) is 17.2 Å². The predicted octanol–water partition coefficient (Wildman–Crippen LogP) is 2.55. The molecule has 4 rings (SSSR count). The molecule has 7 heteroatoms. The first-order valence-corrected chi connectivity index (χ1v) is 9.60. The molecular formula is C20H27N3O4. The van der Waals surface area contributed by atoms with Crippen LogP contribution in [-0.2, 0) is 17.8 Å². The van der Waals surface area contributed by atoms with E-state index in [-0.39, 0.29) is 6.10 Å². The normalized spacial score (nSPS) is 21.4. The van der Waals surface area contributed by atoms with Crippen molar-refractivity contribution in [2.24, 2.45) is 5.92 Å². The van der Waals surface area contributed by atoms with Crippen LogP contribution < -0.4 is 19.5 Å². The highest BCUT2D eigenvalue weighted by Gasteiger charge is 2.31. The Kier molecular flexibility index (Phi) is 5.50. The first-order valence-electron chi connectivity index (χ1n) is 9.60. The van der Waals surface area contributed by atoms with Gasteiger partial charge in [-0.15, -0.1) is 0 Å². The monoisotopic (exact) mass is 373 g/mol. The van der Waals surface area contributed by atoms with Crippen LogP contribution in [0.2, 0.25) is 0 Å². The lowest BCUT2D eigenvalue weighted by atomic mass is 9.98. The van der Waals surface area contributed by atoms with E-state index in [1.165, 1.54) is 5.69 Å². The average Bonchev–Trinajstić information content (AvgIpc) is 3.35. The number of benzene rings is 1. The number of nitrogens with zero attached hydrogens (tertiary/aromatic N) is 2. The predicted molar refractivity (Wildman–Crippen MR) is 100 cm³/mol. The molecule has 1 saturated heterocycles. The second-order valence-electron chi connectivity index (χ2n) is 6.87. The Bertz CT molecular complexity index is 759. The van der Waals surface area contributed by atoms with Crippen molar-refractivity contribution in [1.29, 1.82) is 0 Å². The molecule has 3 heterocycles. The number of aromatic nitrogens is 2. The van der Waals surface area contributed by atoms with Crippen molar-refractivity contribution >= 4 is 0 Å². The van der Waals surface area contributed by atoms with Gasteiger partial charge < -0.3 is 24.3 Å². The zero-order chi connectivity index (χ0) is 18.6. The SMILES string of the molecule is CCn1nccc1[C@@H]1OCC[C@H]1CNCc1cc(OC)c2c(c1)OCCO2. The summed E-state index contributed by atoms with van der Waals surface area (Å²) in [4.78, 5) is 0. The first-order chi connectivity index (χ1) is 13.3. The molecule has 7 nitrogen and oxygen atoms in total. The molecule has 0 radical (unpaired) electrons. The fourth-order valence-electron chi connectivity index (χ4n) is 3.85. The van der Waals surface area contributed by atoms with Gasteiger partial charge in [0, 0.05) is 38.4 Å². The molecule has 0 spiro atoms. The topological polar surface area (TPSA) is 66.8 Å². The van der Waals surface area contributed by atoms with Crippen molar-refractivity contribution in [2.75, 3.05) is 33.5 Å². The Labute approximate surface area is 159 Å². The van der Waals surface area contributed by atoms with Crippen LogP contribution in [0.1, 0.15) is 30.7 Å². The van der Waals surface area contributed by atoms with E-state index in [2.05, 4.69) is 23.4 Å². The number of hydrogen-bond donors (Lipinski definition) is 1. The maximum atomic E-state index is 6.01. The summed E-state index contributed by atoms with van der Waals surface area (Å²) in [5, 5.41) is 7.95. The molecule has 2 aromatic rings. The Morgan fingerprint density at radius 3 is 3.00 bits per heavy atom. The molecule has 0 amide bonds. The molecule has 0 saturated carbocycles. The molecule has 0 bridgehead atoms. The second kappa shape index (κ2) is 8.19. The Hall–Kier alpha value is -2.25. The first kappa shape index (κ1) is 18.1. The quantitative estimate of drug-likeness (QED) is 0.805. The van der Waals surface area contributed by atoms with E-state index in [9.17, 15) is 0 Å². The van der Waals surface area contributed by atoms with Crippen molar-refractivity contribution in [1.82, 2.24) is 15.1 Å². The van der Waals surface area contributed by atoms with Crippen LogP contribution >= 0.6 is 0 Å². The number of methoxy groups -OCH3 is 1. The van der Waals surface area contributed by atoms with E-state index in [0.29, 0.717) is 24.9 Å². The molecule has 1 aromatic heterocycles. The van der Waals surface area contributed by atoms with E-state index in [0.717, 1.165) is 49.7 Å². The molecular weight excluding hydrogens is 346 g/mol. The fourth-order valence-corrected chi connectivity index (χ4v) is 3.85. The van der Waals surface area contributed by atoms with Gasteiger partial charge in [-0.2, -0.15) is 5.10 Å². The van der Waals surface area contributed by atoms with Gasteiger partial charge in [-0.25, -0.2) is 0 Å². The number of ether oxygens (including phenoxy) is 4. The largest absolute Gasteiger partial charge is 0.493 e. The zero-order valence-electron chi connectivity index (χ0n) is 15.9. The second-order valence-corrected chi connectivity index (χ2v) is 6.87. The summed E-state index contributed by atoms with van der Waals surface area (Å²) in [5.41, 5.74) is 2.29. The summed E-state index contributed by atoms with van der Waals surface area (Å²) in [6, 6.07) is 6.10. The number of rotatable bonds is 7. The summed E-state index contributed by atoms with van der Waals surface area (Å²) < 4.78 is 24.9. The van der Waals surface area contributed by atoms with Crippen LogP contribution in [-0.4, -0.2) is 43.3 Å². The minimum atomic E-state index is 0.106. The highest BCUT2D eigenvalue weighted by molar-refractivity contribution is 5.54. The molecule has 1 aromatic carbocycles. The Balaban J connectivity index is 1.39. The van der Waals surface area contributed by atoms with Crippen molar-refractivity contribution < 1.29 is 18.9 Å². The molecule has 2 atom stereocenters. The summed E-state index contributed by atoms with van der Waals surface area (Å²) in [7, 11) is 1.65. The summed E-state index contributed by atoms with van der Waals surface area (Å²) in [6.45, 7) is 6.51. The third kappa shape index (κ3) is 3.75. The van der Waals surface area contributed by atoms with Crippen LogP contribution in [0.5, 0.6) is 17.2 Å². The summed E-state index contributed by atoms with van der Waals surface area (Å²) >= 11 is 0. The van der Waals surface area contributed by atoms with Gasteiger partial charge in [0.15, 0.2) is 11.5 Å². The molecule has 2 aliphatic heterocycles. The lowest BCUT2D eigenvalue weighted by Gasteiger charge is -2.22. The lowest BCUT2D eigenvalue weighted by Crippen LogP contribution is -2.26. The van der Waals surface area contributed by atoms with Gasteiger partial charge in [0.05, 0.1) is 12.8 Å².